The molecule has 3 N–H and O–H groups in total. The van der Waals surface area contributed by atoms with Crippen LogP contribution in [0.1, 0.15) is 77.1 Å². The fraction of sp³-hybridized carbons (Fsp3) is 0.500. The van der Waals surface area contributed by atoms with E-state index in [1.165, 1.54) is 13.8 Å². The molecule has 0 saturated carbocycles. The average Bonchev–Trinajstić information content (AvgIpc) is 3.67. The molecule has 0 radical (unpaired) electrons. The number of amides is 4. The zero-order valence-corrected chi connectivity index (χ0v) is 30.3. The lowest BCUT2D eigenvalue weighted by atomic mass is 10.00. The zero-order chi connectivity index (χ0) is 36.8. The Morgan fingerprint density at radius 2 is 1.65 bits per heavy atom. The van der Waals surface area contributed by atoms with Crippen molar-refractivity contribution in [2.45, 2.75) is 96.7 Å². The summed E-state index contributed by atoms with van der Waals surface area (Å²) in [7, 11) is 0. The number of imidazole rings is 1. The van der Waals surface area contributed by atoms with Crippen LogP contribution in [0.4, 0.5) is 15.4 Å². The van der Waals surface area contributed by atoms with Crippen LogP contribution in [0.2, 0.25) is 0 Å². The number of alkyl carbamates (subject to hydrolysis) is 1. The van der Waals surface area contributed by atoms with E-state index in [4.69, 9.17) is 14.2 Å². The van der Waals surface area contributed by atoms with Crippen LogP contribution in [-0.2, 0) is 36.8 Å². The molecular formula is C38H50N6O7. The highest BCUT2D eigenvalue weighted by Gasteiger charge is 2.38. The lowest BCUT2D eigenvalue weighted by molar-refractivity contribution is -0.131. The number of hydrogen-bond donors (Lipinski definition) is 3. The monoisotopic (exact) mass is 702 g/mol. The van der Waals surface area contributed by atoms with Gasteiger partial charge in [-0.3, -0.25) is 9.59 Å². The summed E-state index contributed by atoms with van der Waals surface area (Å²) in [6, 6.07) is 15.9. The highest BCUT2D eigenvalue weighted by molar-refractivity contribution is 5.98. The fourth-order valence-electron chi connectivity index (χ4n) is 6.16. The summed E-state index contributed by atoms with van der Waals surface area (Å²) < 4.78 is 19.2. The summed E-state index contributed by atoms with van der Waals surface area (Å²) in [6.45, 7) is 11.8. The standard InChI is InChI=1S/C38H50N6O7/c1-25-16-18-43(19-17-25)36(48)50-30-20-27-14-10-11-15-28(27)32(30)44-21-31(39-24-44)41-33(45)29(23-49-22-26-12-8-7-9-13-26)40-34(46)38(5,6)42-35(47)51-37(2,3)4/h7-15,21,24-25,29-30,32H,16-20,22-23H2,1-6H3,(H,40,46)(H,41,45)(H,42,47)/t29-,30+,32+/m1/s1. The Morgan fingerprint density at radius 3 is 2.35 bits per heavy atom. The van der Waals surface area contributed by atoms with Crippen molar-refractivity contribution in [2.24, 2.45) is 5.92 Å². The average molecular weight is 703 g/mol. The van der Waals surface area contributed by atoms with E-state index in [9.17, 15) is 19.2 Å². The zero-order valence-electron chi connectivity index (χ0n) is 30.3. The van der Waals surface area contributed by atoms with Gasteiger partial charge in [-0.15, -0.1) is 0 Å². The molecule has 4 amide bonds. The number of likely N-dealkylation sites (tertiary alicyclic amines) is 1. The Kier molecular flexibility index (Phi) is 11.7. The third-order valence-corrected chi connectivity index (χ3v) is 9.01. The van der Waals surface area contributed by atoms with Gasteiger partial charge in [0.05, 0.1) is 25.6 Å². The molecule has 5 rings (SSSR count). The van der Waals surface area contributed by atoms with E-state index in [-0.39, 0.29) is 31.2 Å². The highest BCUT2D eigenvalue weighted by atomic mass is 16.6. The van der Waals surface area contributed by atoms with Crippen LogP contribution in [-0.4, -0.2) is 81.4 Å². The number of ether oxygens (including phenoxy) is 3. The summed E-state index contributed by atoms with van der Waals surface area (Å²) in [5.74, 6) is -0.352. The number of aromatic nitrogens is 2. The van der Waals surface area contributed by atoms with Crippen LogP contribution in [0.5, 0.6) is 0 Å². The highest BCUT2D eigenvalue weighted by Crippen LogP contribution is 2.37. The molecular weight excluding hydrogens is 652 g/mol. The molecule has 0 spiro atoms. The molecule has 2 aromatic carbocycles. The third-order valence-electron chi connectivity index (χ3n) is 9.01. The van der Waals surface area contributed by atoms with Gasteiger partial charge in [-0.05, 0) is 70.1 Å². The molecule has 274 valence electrons. The summed E-state index contributed by atoms with van der Waals surface area (Å²) in [6.07, 6.45) is 4.18. The SMILES string of the molecule is CC1CCN(C(=O)O[C@H]2Cc3ccccc3[C@@H]2n2cnc(NC(=O)[C@@H](COCc3ccccc3)NC(=O)C(C)(C)NC(=O)OC(C)(C)C)c2)CC1. The van der Waals surface area contributed by atoms with Gasteiger partial charge >= 0.3 is 12.2 Å². The van der Waals surface area contributed by atoms with Crippen LogP contribution in [0.25, 0.3) is 0 Å². The van der Waals surface area contributed by atoms with Crippen LogP contribution in [0.15, 0.2) is 67.1 Å². The van der Waals surface area contributed by atoms with Gasteiger partial charge in [0.25, 0.3) is 5.91 Å². The van der Waals surface area contributed by atoms with E-state index in [0.717, 1.165) is 29.5 Å². The third kappa shape index (κ3) is 10.1. The van der Waals surface area contributed by atoms with Crippen molar-refractivity contribution in [2.75, 3.05) is 25.0 Å². The van der Waals surface area contributed by atoms with Crippen LogP contribution < -0.4 is 16.0 Å². The number of carbonyl (C=O) groups is 4. The van der Waals surface area contributed by atoms with E-state index in [2.05, 4.69) is 27.9 Å². The van der Waals surface area contributed by atoms with E-state index in [0.29, 0.717) is 25.4 Å². The molecule has 1 saturated heterocycles. The largest absolute Gasteiger partial charge is 0.444 e. The lowest BCUT2D eigenvalue weighted by Crippen LogP contribution is -2.59. The molecule has 13 heteroatoms. The lowest BCUT2D eigenvalue weighted by Gasteiger charge is -2.31. The molecule has 0 bridgehead atoms. The van der Waals surface area contributed by atoms with Gasteiger partial charge < -0.3 is 39.6 Å². The van der Waals surface area contributed by atoms with Crippen molar-refractivity contribution in [3.05, 3.63) is 83.8 Å². The molecule has 1 fully saturated rings. The Hall–Kier alpha value is -4.91. The van der Waals surface area contributed by atoms with E-state index >= 15 is 0 Å². The minimum atomic E-state index is -1.42. The molecule has 0 unspecified atom stereocenters. The molecule has 1 aromatic heterocycles. The first-order chi connectivity index (χ1) is 24.2. The van der Waals surface area contributed by atoms with Gasteiger partial charge in [0.15, 0.2) is 5.82 Å². The number of piperidine rings is 1. The maximum absolute atomic E-state index is 13.7. The van der Waals surface area contributed by atoms with Crippen molar-refractivity contribution in [1.29, 1.82) is 0 Å². The van der Waals surface area contributed by atoms with Crippen LogP contribution >= 0.6 is 0 Å². The Labute approximate surface area is 299 Å². The molecule has 13 nitrogen and oxygen atoms in total. The second-order valence-electron chi connectivity index (χ2n) is 14.9. The molecule has 1 aliphatic heterocycles. The number of anilines is 1. The van der Waals surface area contributed by atoms with Crippen LogP contribution in [0, 0.1) is 5.92 Å². The summed E-state index contributed by atoms with van der Waals surface area (Å²) in [4.78, 5) is 59.1. The van der Waals surface area contributed by atoms with Crippen molar-refractivity contribution < 1.29 is 33.4 Å². The predicted molar refractivity (Wildman–Crippen MR) is 191 cm³/mol. The van der Waals surface area contributed by atoms with Crippen molar-refractivity contribution >= 4 is 29.8 Å². The smallest absolute Gasteiger partial charge is 0.410 e. The molecule has 1 aliphatic carbocycles. The first kappa shape index (κ1) is 37.3. The summed E-state index contributed by atoms with van der Waals surface area (Å²) in [5, 5.41) is 8.10. The van der Waals surface area contributed by atoms with Crippen molar-refractivity contribution in [3.8, 4) is 0 Å². The van der Waals surface area contributed by atoms with E-state index < -0.39 is 41.2 Å². The Balaban J connectivity index is 1.29. The number of nitrogens with one attached hydrogen (secondary N) is 3. The Bertz CT molecular complexity index is 1680. The van der Waals surface area contributed by atoms with Crippen LogP contribution in [0.3, 0.4) is 0 Å². The number of nitrogens with zero attached hydrogens (tertiary/aromatic N) is 3. The number of rotatable bonds is 11. The maximum Gasteiger partial charge on any atom is 0.410 e. The molecule has 2 heterocycles. The van der Waals surface area contributed by atoms with Gasteiger partial charge in [-0.25, -0.2) is 14.6 Å². The fourth-order valence-corrected chi connectivity index (χ4v) is 6.16. The number of hydrogen-bond acceptors (Lipinski definition) is 8. The normalized spacial score (nSPS) is 18.4. The Morgan fingerprint density at radius 1 is 0.961 bits per heavy atom. The first-order valence-electron chi connectivity index (χ1n) is 17.5. The molecule has 3 aromatic rings. The quantitative estimate of drug-likeness (QED) is 0.246. The van der Waals surface area contributed by atoms with Gasteiger partial charge in [-0.2, -0.15) is 0 Å². The van der Waals surface area contributed by atoms with Gasteiger partial charge in [0.1, 0.15) is 23.3 Å². The summed E-state index contributed by atoms with van der Waals surface area (Å²) >= 11 is 0. The second kappa shape index (κ2) is 16.0. The predicted octanol–water partition coefficient (Wildman–Crippen LogP) is 5.21. The van der Waals surface area contributed by atoms with Crippen molar-refractivity contribution in [3.63, 3.8) is 0 Å². The van der Waals surface area contributed by atoms with E-state index in [1.807, 2.05) is 59.2 Å². The number of carbonyl (C=O) groups excluding carboxylic acids is 4. The van der Waals surface area contributed by atoms with E-state index in [1.54, 1.807) is 38.2 Å². The number of benzene rings is 2. The van der Waals surface area contributed by atoms with Gasteiger partial charge in [0, 0.05) is 25.7 Å². The topological polar surface area (TPSA) is 153 Å². The number of fused-ring (bicyclic) bond motifs is 1. The van der Waals surface area contributed by atoms with Crippen molar-refractivity contribution in [1.82, 2.24) is 25.1 Å². The molecule has 51 heavy (non-hydrogen) atoms. The first-order valence-corrected chi connectivity index (χ1v) is 17.5. The summed E-state index contributed by atoms with van der Waals surface area (Å²) in [5.41, 5.74) is 0.805. The minimum Gasteiger partial charge on any atom is -0.444 e. The minimum absolute atomic E-state index is 0.154. The molecule has 2 aliphatic rings. The maximum atomic E-state index is 13.7. The van der Waals surface area contributed by atoms with Gasteiger partial charge in [0.2, 0.25) is 5.91 Å². The second-order valence-corrected chi connectivity index (χ2v) is 14.9. The molecule has 3 atom stereocenters. The van der Waals surface area contributed by atoms with Gasteiger partial charge in [-0.1, -0.05) is 61.5 Å².